The van der Waals surface area contributed by atoms with E-state index in [4.69, 9.17) is 0 Å². The lowest BCUT2D eigenvalue weighted by Gasteiger charge is -2.03. The second-order valence-corrected chi connectivity index (χ2v) is 5.97. The van der Waals surface area contributed by atoms with Gasteiger partial charge >= 0.3 is 0 Å². The highest BCUT2D eigenvalue weighted by atomic mass is 79.9. The Kier molecular flexibility index (Phi) is 5.15. The Morgan fingerprint density at radius 1 is 1.37 bits per heavy atom. The van der Waals surface area contributed by atoms with Crippen LogP contribution in [0.4, 0.5) is 0 Å². The molecule has 2 rings (SSSR count). The third-order valence-electron chi connectivity index (χ3n) is 2.42. The number of rotatable bonds is 5. The molecular formula is C13H14BrN3OS. The van der Waals surface area contributed by atoms with Gasteiger partial charge in [-0.1, -0.05) is 25.1 Å². The van der Waals surface area contributed by atoms with E-state index in [1.54, 1.807) is 12.3 Å². The molecule has 0 spiro atoms. The number of halogens is 1. The summed E-state index contributed by atoms with van der Waals surface area (Å²) in [5.41, 5.74) is 1.84. The second-order valence-electron chi connectivity index (χ2n) is 4.09. The maximum Gasteiger partial charge on any atom is 0.251 e. The summed E-state index contributed by atoms with van der Waals surface area (Å²) >= 11 is 4.90. The molecule has 2 aromatic rings. The van der Waals surface area contributed by atoms with Gasteiger partial charge in [-0.25, -0.2) is 4.98 Å². The summed E-state index contributed by atoms with van der Waals surface area (Å²) in [7, 11) is 0. The van der Waals surface area contributed by atoms with Gasteiger partial charge in [-0.3, -0.25) is 9.78 Å². The van der Waals surface area contributed by atoms with Gasteiger partial charge in [0.1, 0.15) is 0 Å². The molecule has 100 valence electrons. The van der Waals surface area contributed by atoms with Gasteiger partial charge in [0.05, 0.1) is 0 Å². The number of nitrogens with one attached hydrogen (secondary N) is 1. The smallest absolute Gasteiger partial charge is 0.251 e. The molecule has 0 aliphatic rings. The molecule has 19 heavy (non-hydrogen) atoms. The van der Waals surface area contributed by atoms with Crippen LogP contribution in [-0.4, -0.2) is 15.0 Å². The summed E-state index contributed by atoms with van der Waals surface area (Å²) in [6, 6.07) is 3.57. The Balaban J connectivity index is 2.09. The third-order valence-corrected chi connectivity index (χ3v) is 3.79. The summed E-state index contributed by atoms with van der Waals surface area (Å²) in [5, 5.41) is 0.663. The lowest BCUT2D eigenvalue weighted by Crippen LogP contribution is -2.09. The quantitative estimate of drug-likeness (QED) is 0.671. The molecule has 0 unspecified atom stereocenters. The van der Waals surface area contributed by atoms with Crippen LogP contribution < -0.4 is 5.56 Å². The van der Waals surface area contributed by atoms with Gasteiger partial charge in [0.15, 0.2) is 5.16 Å². The molecule has 0 radical (unpaired) electrons. The van der Waals surface area contributed by atoms with Crippen LogP contribution >= 0.6 is 27.7 Å². The number of hydrogen-bond acceptors (Lipinski definition) is 4. The monoisotopic (exact) mass is 339 g/mol. The van der Waals surface area contributed by atoms with E-state index in [1.165, 1.54) is 11.8 Å². The standard InChI is InChI=1S/C13H14BrN3OS/c1-2-3-11-5-12(18)17-13(16-11)19-8-9-4-10(14)7-15-6-9/h4-7H,2-3,8H2,1H3,(H,16,17,18). The van der Waals surface area contributed by atoms with Gasteiger partial charge in [-0.05, 0) is 34.0 Å². The highest BCUT2D eigenvalue weighted by Crippen LogP contribution is 2.20. The van der Waals surface area contributed by atoms with Crippen molar-refractivity contribution in [1.82, 2.24) is 15.0 Å². The van der Waals surface area contributed by atoms with E-state index >= 15 is 0 Å². The summed E-state index contributed by atoms with van der Waals surface area (Å²) in [5.74, 6) is 0.727. The van der Waals surface area contributed by atoms with Gasteiger partial charge in [0.25, 0.3) is 5.56 Å². The average molecular weight is 340 g/mol. The van der Waals surface area contributed by atoms with Crippen molar-refractivity contribution in [3.8, 4) is 0 Å². The summed E-state index contributed by atoms with van der Waals surface area (Å²) in [6.07, 6.45) is 5.37. The van der Waals surface area contributed by atoms with E-state index in [0.29, 0.717) is 5.16 Å². The number of thioether (sulfide) groups is 1. The zero-order valence-corrected chi connectivity index (χ0v) is 12.9. The lowest BCUT2D eigenvalue weighted by molar-refractivity contribution is 0.816. The summed E-state index contributed by atoms with van der Waals surface area (Å²) in [4.78, 5) is 22.8. The fourth-order valence-corrected chi connectivity index (χ4v) is 2.85. The van der Waals surface area contributed by atoms with Crippen LogP contribution in [0.2, 0.25) is 0 Å². The van der Waals surface area contributed by atoms with Crippen molar-refractivity contribution >= 4 is 27.7 Å². The van der Waals surface area contributed by atoms with Crippen molar-refractivity contribution in [3.05, 3.63) is 50.6 Å². The molecule has 2 heterocycles. The van der Waals surface area contributed by atoms with Crippen LogP contribution in [-0.2, 0) is 12.2 Å². The molecule has 4 nitrogen and oxygen atoms in total. The Labute approximate surface area is 124 Å². The maximum atomic E-state index is 11.5. The van der Waals surface area contributed by atoms with Crippen LogP contribution in [0.5, 0.6) is 0 Å². The number of aromatic nitrogens is 3. The molecule has 0 aliphatic heterocycles. The Morgan fingerprint density at radius 2 is 2.21 bits per heavy atom. The largest absolute Gasteiger partial charge is 0.301 e. The Morgan fingerprint density at radius 3 is 2.95 bits per heavy atom. The lowest BCUT2D eigenvalue weighted by atomic mass is 10.2. The van der Waals surface area contributed by atoms with E-state index in [0.717, 1.165) is 34.3 Å². The molecule has 0 aromatic carbocycles. The molecule has 1 N–H and O–H groups in total. The van der Waals surface area contributed by atoms with E-state index < -0.39 is 0 Å². The van der Waals surface area contributed by atoms with Crippen LogP contribution in [0.1, 0.15) is 24.6 Å². The fourth-order valence-electron chi connectivity index (χ4n) is 1.62. The minimum Gasteiger partial charge on any atom is -0.301 e. The zero-order chi connectivity index (χ0) is 13.7. The predicted molar refractivity (Wildman–Crippen MR) is 80.4 cm³/mol. The molecular weight excluding hydrogens is 326 g/mol. The first-order valence-electron chi connectivity index (χ1n) is 6.00. The molecule has 0 saturated heterocycles. The molecule has 2 aromatic heterocycles. The van der Waals surface area contributed by atoms with Crippen LogP contribution in [0, 0.1) is 0 Å². The topological polar surface area (TPSA) is 58.6 Å². The van der Waals surface area contributed by atoms with E-state index in [2.05, 4.69) is 37.8 Å². The van der Waals surface area contributed by atoms with Gasteiger partial charge in [0, 0.05) is 34.4 Å². The van der Waals surface area contributed by atoms with Gasteiger partial charge in [-0.2, -0.15) is 0 Å². The highest BCUT2D eigenvalue weighted by molar-refractivity contribution is 9.10. The fraction of sp³-hybridized carbons (Fsp3) is 0.308. The molecule has 0 amide bonds. The number of H-pyrrole nitrogens is 1. The number of aryl methyl sites for hydroxylation is 1. The van der Waals surface area contributed by atoms with Crippen molar-refractivity contribution in [2.24, 2.45) is 0 Å². The van der Waals surface area contributed by atoms with Crippen LogP contribution in [0.15, 0.2) is 39.0 Å². The molecule has 0 aliphatic carbocycles. The SMILES string of the molecule is CCCc1cc(=O)[nH]c(SCc2cncc(Br)c2)n1. The first kappa shape index (κ1) is 14.3. The van der Waals surface area contributed by atoms with Crippen molar-refractivity contribution in [3.63, 3.8) is 0 Å². The van der Waals surface area contributed by atoms with Crippen molar-refractivity contribution < 1.29 is 0 Å². The average Bonchev–Trinajstić information content (AvgIpc) is 2.36. The van der Waals surface area contributed by atoms with Crippen molar-refractivity contribution in [1.29, 1.82) is 0 Å². The minimum atomic E-state index is -0.0895. The molecule has 0 atom stereocenters. The number of hydrogen-bond donors (Lipinski definition) is 1. The second kappa shape index (κ2) is 6.86. The van der Waals surface area contributed by atoms with Crippen LogP contribution in [0.25, 0.3) is 0 Å². The minimum absolute atomic E-state index is 0.0895. The van der Waals surface area contributed by atoms with Crippen molar-refractivity contribution in [2.45, 2.75) is 30.7 Å². The van der Waals surface area contributed by atoms with Gasteiger partial charge in [-0.15, -0.1) is 0 Å². The van der Waals surface area contributed by atoms with E-state index in [-0.39, 0.29) is 5.56 Å². The Bertz CT molecular complexity index is 615. The molecule has 6 heteroatoms. The number of aromatic amines is 1. The number of nitrogens with zero attached hydrogens (tertiary/aromatic N) is 2. The first-order valence-corrected chi connectivity index (χ1v) is 7.77. The molecule has 0 bridgehead atoms. The zero-order valence-electron chi connectivity index (χ0n) is 10.5. The summed E-state index contributed by atoms with van der Waals surface area (Å²) < 4.78 is 0.951. The summed E-state index contributed by atoms with van der Waals surface area (Å²) in [6.45, 7) is 2.07. The Hall–Kier alpha value is -1.14. The van der Waals surface area contributed by atoms with E-state index in [9.17, 15) is 4.79 Å². The number of pyridine rings is 1. The predicted octanol–water partition coefficient (Wildman–Crippen LogP) is 3.17. The third kappa shape index (κ3) is 4.47. The highest BCUT2D eigenvalue weighted by Gasteiger charge is 2.03. The van der Waals surface area contributed by atoms with Gasteiger partial charge in [0.2, 0.25) is 0 Å². The van der Waals surface area contributed by atoms with Crippen molar-refractivity contribution in [2.75, 3.05) is 0 Å². The maximum absolute atomic E-state index is 11.5. The van der Waals surface area contributed by atoms with Crippen LogP contribution in [0.3, 0.4) is 0 Å². The normalized spacial score (nSPS) is 10.6. The molecule has 0 saturated carbocycles. The first-order chi connectivity index (χ1) is 9.17. The van der Waals surface area contributed by atoms with Gasteiger partial charge < -0.3 is 4.98 Å². The molecule has 0 fully saturated rings. The van der Waals surface area contributed by atoms with E-state index in [1.807, 2.05) is 12.3 Å².